The molecule has 1 aliphatic rings. The van der Waals surface area contributed by atoms with Crippen LogP contribution in [0.2, 0.25) is 0 Å². The van der Waals surface area contributed by atoms with Gasteiger partial charge in [0.1, 0.15) is 11.9 Å². The van der Waals surface area contributed by atoms with E-state index in [-0.39, 0.29) is 17.6 Å². The van der Waals surface area contributed by atoms with Gasteiger partial charge in [0.2, 0.25) is 0 Å². The van der Waals surface area contributed by atoms with E-state index in [2.05, 4.69) is 46.8 Å². The van der Waals surface area contributed by atoms with Crippen LogP contribution in [0.15, 0.2) is 12.1 Å². The van der Waals surface area contributed by atoms with E-state index in [0.717, 1.165) is 18.6 Å². The Kier molecular flexibility index (Phi) is 3.41. The fourth-order valence-electron chi connectivity index (χ4n) is 2.94. The van der Waals surface area contributed by atoms with Crippen molar-refractivity contribution < 1.29 is 9.84 Å². The third-order valence-electron chi connectivity index (χ3n) is 4.56. The molecular weight excluding hydrogens is 224 g/mol. The van der Waals surface area contributed by atoms with Crippen LogP contribution < -0.4 is 4.74 Å². The van der Waals surface area contributed by atoms with Gasteiger partial charge in [0.05, 0.1) is 6.10 Å². The molecule has 2 heteroatoms. The van der Waals surface area contributed by atoms with E-state index in [0.29, 0.717) is 0 Å². The van der Waals surface area contributed by atoms with Gasteiger partial charge in [-0.2, -0.15) is 0 Å². The van der Waals surface area contributed by atoms with Gasteiger partial charge in [-0.25, -0.2) is 0 Å². The Labute approximate surface area is 110 Å². The molecular formula is C16H24O2. The number of aryl methyl sites for hydroxylation is 3. The zero-order valence-corrected chi connectivity index (χ0v) is 12.1. The van der Waals surface area contributed by atoms with Crippen molar-refractivity contribution >= 4 is 0 Å². The summed E-state index contributed by atoms with van der Waals surface area (Å²) in [5.41, 5.74) is 3.55. The summed E-state index contributed by atoms with van der Waals surface area (Å²) in [4.78, 5) is 0. The molecule has 0 aromatic heterocycles. The molecule has 0 bridgehead atoms. The van der Waals surface area contributed by atoms with Crippen LogP contribution >= 0.6 is 0 Å². The highest BCUT2D eigenvalue weighted by Gasteiger charge is 2.51. The van der Waals surface area contributed by atoms with Crippen LogP contribution in [-0.2, 0) is 0 Å². The average Bonchev–Trinajstić information content (AvgIpc) is 2.30. The maximum absolute atomic E-state index is 9.92. The second kappa shape index (κ2) is 4.58. The van der Waals surface area contributed by atoms with Crippen LogP contribution in [0.5, 0.6) is 5.75 Å². The molecule has 0 spiro atoms. The molecule has 1 aromatic carbocycles. The number of rotatable bonds is 3. The van der Waals surface area contributed by atoms with E-state index < -0.39 is 0 Å². The Morgan fingerprint density at radius 2 is 1.83 bits per heavy atom. The Bertz CT molecular complexity index is 429. The molecule has 1 saturated carbocycles. The van der Waals surface area contributed by atoms with Crippen LogP contribution in [0.25, 0.3) is 0 Å². The molecule has 0 heterocycles. The van der Waals surface area contributed by atoms with E-state index in [4.69, 9.17) is 4.74 Å². The zero-order chi connectivity index (χ0) is 13.5. The first-order valence-corrected chi connectivity index (χ1v) is 6.81. The molecule has 0 amide bonds. The molecule has 0 radical (unpaired) electrons. The molecule has 0 saturated heterocycles. The lowest BCUT2D eigenvalue weighted by Crippen LogP contribution is -2.57. The molecule has 2 nitrogen and oxygen atoms in total. The highest BCUT2D eigenvalue weighted by atomic mass is 16.5. The van der Waals surface area contributed by atoms with E-state index in [1.54, 1.807) is 0 Å². The molecule has 3 unspecified atom stereocenters. The lowest BCUT2D eigenvalue weighted by Gasteiger charge is -2.50. The molecule has 0 aliphatic heterocycles. The van der Waals surface area contributed by atoms with Crippen molar-refractivity contribution in [2.45, 2.75) is 59.7 Å². The predicted octanol–water partition coefficient (Wildman–Crippen LogP) is 3.54. The van der Waals surface area contributed by atoms with Crippen LogP contribution in [-0.4, -0.2) is 17.3 Å². The van der Waals surface area contributed by atoms with Crippen LogP contribution in [0.3, 0.4) is 0 Å². The van der Waals surface area contributed by atoms with E-state index >= 15 is 0 Å². The lowest BCUT2D eigenvalue weighted by atomic mass is 9.63. The van der Waals surface area contributed by atoms with Gasteiger partial charge in [-0.05, 0) is 38.3 Å². The minimum atomic E-state index is -0.224. The van der Waals surface area contributed by atoms with E-state index in [9.17, 15) is 5.11 Å². The summed E-state index contributed by atoms with van der Waals surface area (Å²) in [6, 6.07) is 4.31. The van der Waals surface area contributed by atoms with Gasteiger partial charge in [0.15, 0.2) is 0 Å². The fourth-order valence-corrected chi connectivity index (χ4v) is 2.94. The second-order valence-corrected chi connectivity index (χ2v) is 5.95. The van der Waals surface area contributed by atoms with Gasteiger partial charge in [-0.15, -0.1) is 0 Å². The summed E-state index contributed by atoms with van der Waals surface area (Å²) in [6.07, 6.45) is 1.61. The van der Waals surface area contributed by atoms with Crippen LogP contribution in [0, 0.1) is 26.2 Å². The predicted molar refractivity (Wildman–Crippen MR) is 74.1 cm³/mol. The minimum Gasteiger partial charge on any atom is -0.489 e. The van der Waals surface area contributed by atoms with Gasteiger partial charge < -0.3 is 9.84 Å². The SMILES string of the molecule is CCC1(C)C(O)CC1Oc1c(C)cc(C)cc1C. The Morgan fingerprint density at radius 3 is 2.28 bits per heavy atom. The van der Waals surface area contributed by atoms with Crippen molar-refractivity contribution in [3.8, 4) is 5.75 Å². The van der Waals surface area contributed by atoms with Crippen LogP contribution in [0.4, 0.5) is 0 Å². The summed E-state index contributed by atoms with van der Waals surface area (Å²) in [7, 11) is 0. The summed E-state index contributed by atoms with van der Waals surface area (Å²) in [6.45, 7) is 10.5. The molecule has 18 heavy (non-hydrogen) atoms. The topological polar surface area (TPSA) is 29.5 Å². The summed E-state index contributed by atoms with van der Waals surface area (Å²) >= 11 is 0. The largest absolute Gasteiger partial charge is 0.489 e. The van der Waals surface area contributed by atoms with Crippen molar-refractivity contribution in [3.05, 3.63) is 28.8 Å². The van der Waals surface area contributed by atoms with E-state index in [1.807, 2.05) is 0 Å². The number of aliphatic hydroxyl groups excluding tert-OH is 1. The number of hydrogen-bond donors (Lipinski definition) is 1. The first kappa shape index (κ1) is 13.4. The zero-order valence-electron chi connectivity index (χ0n) is 12.1. The Hall–Kier alpha value is -1.02. The monoisotopic (exact) mass is 248 g/mol. The Balaban J connectivity index is 2.21. The van der Waals surface area contributed by atoms with E-state index in [1.165, 1.54) is 16.7 Å². The van der Waals surface area contributed by atoms with Gasteiger partial charge in [-0.3, -0.25) is 0 Å². The lowest BCUT2D eigenvalue weighted by molar-refractivity contribution is -0.147. The second-order valence-electron chi connectivity index (χ2n) is 5.95. The van der Waals surface area contributed by atoms with Crippen LogP contribution in [0.1, 0.15) is 43.4 Å². The maximum Gasteiger partial charge on any atom is 0.125 e. The molecule has 1 aromatic rings. The van der Waals surface area contributed by atoms with Crippen molar-refractivity contribution in [2.75, 3.05) is 0 Å². The average molecular weight is 248 g/mol. The quantitative estimate of drug-likeness (QED) is 0.886. The molecule has 1 aliphatic carbocycles. The standard InChI is InChI=1S/C16H24O2/c1-6-16(5)13(17)9-14(16)18-15-11(3)7-10(2)8-12(15)4/h7-8,13-14,17H,6,9H2,1-5H3. The first-order chi connectivity index (χ1) is 8.38. The summed E-state index contributed by atoms with van der Waals surface area (Å²) < 4.78 is 6.18. The first-order valence-electron chi connectivity index (χ1n) is 6.81. The van der Waals surface area contributed by atoms with Crippen molar-refractivity contribution in [1.82, 2.24) is 0 Å². The maximum atomic E-state index is 9.92. The smallest absolute Gasteiger partial charge is 0.125 e. The van der Waals surface area contributed by atoms with Crippen molar-refractivity contribution in [2.24, 2.45) is 5.41 Å². The highest BCUT2D eigenvalue weighted by molar-refractivity contribution is 5.43. The number of benzene rings is 1. The highest BCUT2D eigenvalue weighted by Crippen LogP contribution is 2.46. The fraction of sp³-hybridized carbons (Fsp3) is 0.625. The minimum absolute atomic E-state index is 0.0935. The number of hydrogen-bond acceptors (Lipinski definition) is 2. The third-order valence-corrected chi connectivity index (χ3v) is 4.56. The number of aliphatic hydroxyl groups is 1. The molecule has 1 N–H and O–H groups in total. The summed E-state index contributed by atoms with van der Waals surface area (Å²) in [5.74, 6) is 0.997. The van der Waals surface area contributed by atoms with Gasteiger partial charge in [0.25, 0.3) is 0 Å². The molecule has 1 fully saturated rings. The molecule has 2 rings (SSSR count). The van der Waals surface area contributed by atoms with Gasteiger partial charge >= 0.3 is 0 Å². The third kappa shape index (κ3) is 2.03. The Morgan fingerprint density at radius 1 is 1.28 bits per heavy atom. The molecule has 3 atom stereocenters. The van der Waals surface area contributed by atoms with Crippen molar-refractivity contribution in [1.29, 1.82) is 0 Å². The van der Waals surface area contributed by atoms with Crippen molar-refractivity contribution in [3.63, 3.8) is 0 Å². The normalized spacial score (nSPS) is 31.0. The molecule has 100 valence electrons. The summed E-state index contributed by atoms with van der Waals surface area (Å²) in [5, 5.41) is 9.92. The van der Waals surface area contributed by atoms with Gasteiger partial charge in [-0.1, -0.05) is 31.5 Å². The number of ether oxygens (including phenoxy) is 1. The van der Waals surface area contributed by atoms with Gasteiger partial charge in [0, 0.05) is 11.8 Å².